The van der Waals surface area contributed by atoms with Crippen LogP contribution < -0.4 is 10.7 Å². The van der Waals surface area contributed by atoms with Gasteiger partial charge in [-0.1, -0.05) is 6.07 Å². The second kappa shape index (κ2) is 6.81. The molecule has 0 saturated heterocycles. The van der Waals surface area contributed by atoms with E-state index in [1.165, 1.54) is 12.3 Å². The summed E-state index contributed by atoms with van der Waals surface area (Å²) in [5, 5.41) is 18.1. The normalized spacial score (nSPS) is 10.6. The molecule has 1 aromatic heterocycles. The van der Waals surface area contributed by atoms with Crippen molar-refractivity contribution in [2.24, 2.45) is 5.10 Å². The molecule has 0 aliphatic heterocycles. The lowest BCUT2D eigenvalue weighted by atomic mass is 10.1. The summed E-state index contributed by atoms with van der Waals surface area (Å²) in [6.07, 6.45) is 1.44. The van der Waals surface area contributed by atoms with Crippen LogP contribution >= 0.6 is 12.2 Å². The molecule has 0 aliphatic rings. The number of hydrazone groups is 1. The number of nitrogens with zero attached hydrogens (tertiary/aromatic N) is 2. The fourth-order valence-corrected chi connectivity index (χ4v) is 1.83. The summed E-state index contributed by atoms with van der Waals surface area (Å²) in [6.45, 7) is 1.80. The predicted octanol–water partition coefficient (Wildman–Crippen LogP) is 2.59. The summed E-state index contributed by atoms with van der Waals surface area (Å²) in [5.74, 6) is 0.862. The van der Waals surface area contributed by atoms with Crippen LogP contribution in [0.15, 0.2) is 39.9 Å². The number of aryl methyl sites for hydroxylation is 1. The molecule has 1 aromatic carbocycles. The SMILES string of the molecule is CNC(=S)N/N=C\c1ccc(-c2ccc(C)cc2[N+](=O)[O-])o1. The molecule has 0 fully saturated rings. The lowest BCUT2D eigenvalue weighted by Crippen LogP contribution is -2.28. The summed E-state index contributed by atoms with van der Waals surface area (Å²) in [5.41, 5.74) is 3.83. The van der Waals surface area contributed by atoms with Crippen molar-refractivity contribution < 1.29 is 9.34 Å². The number of nitro benzene ring substituents is 1. The molecule has 0 radical (unpaired) electrons. The van der Waals surface area contributed by atoms with Gasteiger partial charge in [-0.3, -0.25) is 15.5 Å². The van der Waals surface area contributed by atoms with E-state index in [0.29, 0.717) is 22.2 Å². The Morgan fingerprint density at radius 2 is 2.18 bits per heavy atom. The summed E-state index contributed by atoms with van der Waals surface area (Å²) in [7, 11) is 1.67. The third kappa shape index (κ3) is 3.67. The maximum Gasteiger partial charge on any atom is 0.280 e. The highest BCUT2D eigenvalue weighted by atomic mass is 32.1. The standard InChI is InChI=1S/C14H14N4O3S/c1-9-3-5-11(12(7-9)18(19)20)13-6-4-10(21-13)8-16-17-14(22)15-2/h3-8H,1-2H3,(H2,15,17,22)/b16-8-. The van der Waals surface area contributed by atoms with Crippen LogP contribution in [-0.4, -0.2) is 23.3 Å². The van der Waals surface area contributed by atoms with Gasteiger partial charge in [0, 0.05) is 13.1 Å². The minimum atomic E-state index is -0.425. The summed E-state index contributed by atoms with van der Waals surface area (Å²) >= 11 is 4.87. The van der Waals surface area contributed by atoms with E-state index >= 15 is 0 Å². The van der Waals surface area contributed by atoms with Crippen LogP contribution in [0.5, 0.6) is 0 Å². The van der Waals surface area contributed by atoms with E-state index < -0.39 is 4.92 Å². The summed E-state index contributed by atoms with van der Waals surface area (Å²) in [4.78, 5) is 10.7. The molecule has 0 amide bonds. The third-order valence-electron chi connectivity index (χ3n) is 2.83. The zero-order valence-electron chi connectivity index (χ0n) is 12.0. The number of nitro groups is 1. The number of hydrogen-bond donors (Lipinski definition) is 2. The van der Waals surface area contributed by atoms with Crippen molar-refractivity contribution in [2.75, 3.05) is 7.05 Å². The Morgan fingerprint density at radius 1 is 1.41 bits per heavy atom. The zero-order chi connectivity index (χ0) is 16.1. The van der Waals surface area contributed by atoms with E-state index in [-0.39, 0.29) is 5.69 Å². The van der Waals surface area contributed by atoms with Crippen LogP contribution in [0, 0.1) is 17.0 Å². The van der Waals surface area contributed by atoms with Crippen molar-refractivity contribution in [1.82, 2.24) is 10.7 Å². The third-order valence-corrected chi connectivity index (χ3v) is 3.12. The molecule has 2 rings (SSSR count). The fraction of sp³-hybridized carbons (Fsp3) is 0.143. The number of rotatable bonds is 4. The largest absolute Gasteiger partial charge is 0.455 e. The topological polar surface area (TPSA) is 92.7 Å². The molecule has 22 heavy (non-hydrogen) atoms. The van der Waals surface area contributed by atoms with Crippen LogP contribution in [0.1, 0.15) is 11.3 Å². The van der Waals surface area contributed by atoms with E-state index in [9.17, 15) is 10.1 Å². The lowest BCUT2D eigenvalue weighted by Gasteiger charge is -2.01. The Hall–Kier alpha value is -2.74. The first-order valence-electron chi connectivity index (χ1n) is 6.37. The fourth-order valence-electron chi connectivity index (χ4n) is 1.78. The Kier molecular flexibility index (Phi) is 4.84. The molecule has 0 bridgehead atoms. The minimum absolute atomic E-state index is 0.00678. The zero-order valence-corrected chi connectivity index (χ0v) is 12.8. The molecule has 0 saturated carbocycles. The van der Waals surface area contributed by atoms with Gasteiger partial charge in [0.1, 0.15) is 11.5 Å². The molecule has 0 spiro atoms. The Morgan fingerprint density at radius 3 is 2.86 bits per heavy atom. The van der Waals surface area contributed by atoms with E-state index in [1.807, 2.05) is 0 Å². The number of nitrogens with one attached hydrogen (secondary N) is 2. The maximum absolute atomic E-state index is 11.1. The van der Waals surface area contributed by atoms with Crippen LogP contribution in [0.2, 0.25) is 0 Å². The van der Waals surface area contributed by atoms with E-state index in [2.05, 4.69) is 15.8 Å². The number of hydrogen-bond acceptors (Lipinski definition) is 5. The van der Waals surface area contributed by atoms with Gasteiger partial charge in [-0.2, -0.15) is 5.10 Å². The molecule has 2 N–H and O–H groups in total. The van der Waals surface area contributed by atoms with Gasteiger partial charge in [0.25, 0.3) is 5.69 Å². The molecular formula is C14H14N4O3S. The van der Waals surface area contributed by atoms with Gasteiger partial charge in [-0.05, 0) is 42.9 Å². The van der Waals surface area contributed by atoms with Crippen molar-refractivity contribution in [3.63, 3.8) is 0 Å². The van der Waals surface area contributed by atoms with Crippen LogP contribution in [0.3, 0.4) is 0 Å². The van der Waals surface area contributed by atoms with Gasteiger partial charge < -0.3 is 9.73 Å². The van der Waals surface area contributed by atoms with E-state index in [0.717, 1.165) is 5.56 Å². The highest BCUT2D eigenvalue weighted by Gasteiger charge is 2.17. The van der Waals surface area contributed by atoms with Crippen LogP contribution in [0.4, 0.5) is 5.69 Å². The average molecular weight is 318 g/mol. The molecule has 8 heteroatoms. The molecule has 7 nitrogen and oxygen atoms in total. The molecular weight excluding hydrogens is 304 g/mol. The molecule has 2 aromatic rings. The van der Waals surface area contributed by atoms with Crippen molar-refractivity contribution in [2.45, 2.75) is 6.92 Å². The smallest absolute Gasteiger partial charge is 0.280 e. The van der Waals surface area contributed by atoms with Gasteiger partial charge in [0.2, 0.25) is 0 Å². The van der Waals surface area contributed by atoms with Crippen LogP contribution in [0.25, 0.3) is 11.3 Å². The van der Waals surface area contributed by atoms with E-state index in [1.54, 1.807) is 38.2 Å². The van der Waals surface area contributed by atoms with Gasteiger partial charge in [0.05, 0.1) is 16.7 Å². The summed E-state index contributed by atoms with van der Waals surface area (Å²) in [6, 6.07) is 8.31. The van der Waals surface area contributed by atoms with Crippen molar-refractivity contribution in [3.05, 3.63) is 51.8 Å². The molecule has 0 unspecified atom stereocenters. The second-order valence-electron chi connectivity index (χ2n) is 4.43. The Labute approximate surface area is 132 Å². The number of benzene rings is 1. The molecule has 1 heterocycles. The minimum Gasteiger partial charge on any atom is -0.455 e. The second-order valence-corrected chi connectivity index (χ2v) is 4.84. The van der Waals surface area contributed by atoms with E-state index in [4.69, 9.17) is 16.6 Å². The van der Waals surface area contributed by atoms with Crippen molar-refractivity contribution in [1.29, 1.82) is 0 Å². The quantitative estimate of drug-likeness (QED) is 0.389. The maximum atomic E-state index is 11.1. The first-order chi connectivity index (χ1) is 10.5. The summed E-state index contributed by atoms with van der Waals surface area (Å²) < 4.78 is 5.56. The molecule has 0 aliphatic carbocycles. The Balaban J connectivity index is 2.25. The number of furan rings is 1. The van der Waals surface area contributed by atoms with Crippen molar-refractivity contribution in [3.8, 4) is 11.3 Å². The highest BCUT2D eigenvalue weighted by Crippen LogP contribution is 2.31. The number of thiocarbonyl (C=S) groups is 1. The van der Waals surface area contributed by atoms with Crippen molar-refractivity contribution >= 4 is 29.2 Å². The van der Waals surface area contributed by atoms with Crippen LogP contribution in [-0.2, 0) is 0 Å². The predicted molar refractivity (Wildman–Crippen MR) is 87.9 cm³/mol. The molecule has 0 atom stereocenters. The highest BCUT2D eigenvalue weighted by molar-refractivity contribution is 7.80. The first kappa shape index (κ1) is 15.6. The lowest BCUT2D eigenvalue weighted by molar-refractivity contribution is -0.384. The first-order valence-corrected chi connectivity index (χ1v) is 6.78. The van der Waals surface area contributed by atoms with Gasteiger partial charge in [0.15, 0.2) is 5.11 Å². The molecule has 114 valence electrons. The Bertz CT molecular complexity index is 739. The van der Waals surface area contributed by atoms with Gasteiger partial charge in [-0.15, -0.1) is 0 Å². The van der Waals surface area contributed by atoms with Gasteiger partial charge in [-0.25, -0.2) is 0 Å². The monoisotopic (exact) mass is 318 g/mol. The van der Waals surface area contributed by atoms with Gasteiger partial charge >= 0.3 is 0 Å². The average Bonchev–Trinajstić information content (AvgIpc) is 2.95.